The summed E-state index contributed by atoms with van der Waals surface area (Å²) < 4.78 is 19.3. The number of unbranched alkanes of at least 4 members (excludes halogenated alkanes) is 1. The molecule has 6 heteroatoms. The van der Waals surface area contributed by atoms with E-state index in [9.17, 15) is 14.0 Å². The van der Waals surface area contributed by atoms with Crippen molar-refractivity contribution in [2.24, 2.45) is 0 Å². The number of nitrogens with one attached hydrogen (secondary N) is 1. The van der Waals surface area contributed by atoms with Gasteiger partial charge in [-0.25, -0.2) is 4.39 Å². The fourth-order valence-electron chi connectivity index (χ4n) is 3.79. The molecule has 0 spiro atoms. The Hall–Kier alpha value is -3.67. The van der Waals surface area contributed by atoms with E-state index in [1.54, 1.807) is 17.0 Å². The van der Waals surface area contributed by atoms with Gasteiger partial charge in [0.15, 0.2) is 6.61 Å². The highest BCUT2D eigenvalue weighted by Crippen LogP contribution is 2.19. The van der Waals surface area contributed by atoms with Crippen molar-refractivity contribution in [3.8, 4) is 5.75 Å². The summed E-state index contributed by atoms with van der Waals surface area (Å²) in [5.74, 6) is -0.264. The van der Waals surface area contributed by atoms with Crippen LogP contribution in [-0.2, 0) is 22.6 Å². The van der Waals surface area contributed by atoms with Crippen molar-refractivity contribution >= 4 is 11.8 Å². The Labute approximate surface area is 206 Å². The molecule has 0 bridgehead atoms. The highest BCUT2D eigenvalue weighted by Gasteiger charge is 2.30. The lowest BCUT2D eigenvalue weighted by atomic mass is 10.0. The van der Waals surface area contributed by atoms with Gasteiger partial charge < -0.3 is 15.0 Å². The number of benzene rings is 3. The Morgan fingerprint density at radius 3 is 2.31 bits per heavy atom. The molecule has 0 saturated carbocycles. The largest absolute Gasteiger partial charge is 0.484 e. The smallest absolute Gasteiger partial charge is 0.261 e. The van der Waals surface area contributed by atoms with E-state index in [1.807, 2.05) is 61.5 Å². The third-order valence-corrected chi connectivity index (χ3v) is 5.81. The van der Waals surface area contributed by atoms with Crippen LogP contribution in [0, 0.1) is 12.7 Å². The number of carbonyl (C=O) groups is 2. The van der Waals surface area contributed by atoms with Crippen molar-refractivity contribution in [2.75, 3.05) is 13.2 Å². The molecule has 3 aromatic rings. The van der Waals surface area contributed by atoms with E-state index in [1.165, 1.54) is 12.1 Å². The number of rotatable bonds is 12. The molecule has 0 fully saturated rings. The van der Waals surface area contributed by atoms with Gasteiger partial charge in [0.2, 0.25) is 5.91 Å². The highest BCUT2D eigenvalue weighted by atomic mass is 19.1. The molecule has 0 aliphatic heterocycles. The van der Waals surface area contributed by atoms with Crippen molar-refractivity contribution in [3.63, 3.8) is 0 Å². The molecule has 1 N–H and O–H groups in total. The summed E-state index contributed by atoms with van der Waals surface area (Å²) in [6.07, 6.45) is 2.16. The number of nitrogens with zero attached hydrogens (tertiary/aromatic N) is 1. The molecule has 3 aromatic carbocycles. The van der Waals surface area contributed by atoms with Crippen LogP contribution in [0.4, 0.5) is 4.39 Å². The average molecular weight is 477 g/mol. The van der Waals surface area contributed by atoms with Gasteiger partial charge in [-0.2, -0.15) is 0 Å². The predicted molar refractivity (Wildman–Crippen MR) is 135 cm³/mol. The third kappa shape index (κ3) is 7.95. The highest BCUT2D eigenvalue weighted by molar-refractivity contribution is 5.88. The number of aryl methyl sites for hydroxylation is 1. The molecule has 2 amide bonds. The standard InChI is InChI=1S/C29H33FN2O3/c1-3-4-18-31-29(34)26(19-23-11-6-5-7-12-23)32(20-24-14-16-25(30)17-15-24)28(33)21-35-27-13-9-8-10-22(27)2/h5-17,26H,3-4,18-21H2,1-2H3,(H,31,34)/t26-/m1/s1. The van der Waals surface area contributed by atoms with E-state index in [0.717, 1.165) is 29.5 Å². The second-order valence-electron chi connectivity index (χ2n) is 8.55. The lowest BCUT2D eigenvalue weighted by molar-refractivity contribution is -0.142. The minimum absolute atomic E-state index is 0.162. The van der Waals surface area contributed by atoms with Gasteiger partial charge in [-0.1, -0.05) is 74.0 Å². The SMILES string of the molecule is CCCCNC(=O)[C@@H](Cc1ccccc1)N(Cc1ccc(F)cc1)C(=O)COc1ccccc1C. The summed E-state index contributed by atoms with van der Waals surface area (Å²) in [5, 5.41) is 2.98. The van der Waals surface area contributed by atoms with Gasteiger partial charge in [-0.05, 0) is 48.2 Å². The van der Waals surface area contributed by atoms with E-state index < -0.39 is 6.04 Å². The van der Waals surface area contributed by atoms with Crippen LogP contribution >= 0.6 is 0 Å². The molecule has 184 valence electrons. The molecule has 3 rings (SSSR count). The van der Waals surface area contributed by atoms with Crippen LogP contribution in [0.1, 0.15) is 36.5 Å². The number of hydrogen-bond donors (Lipinski definition) is 1. The average Bonchev–Trinajstić information content (AvgIpc) is 2.87. The van der Waals surface area contributed by atoms with Gasteiger partial charge in [-0.15, -0.1) is 0 Å². The van der Waals surface area contributed by atoms with Crippen molar-refractivity contribution in [3.05, 3.63) is 101 Å². The zero-order valence-corrected chi connectivity index (χ0v) is 20.4. The van der Waals surface area contributed by atoms with Gasteiger partial charge in [0.1, 0.15) is 17.6 Å². The molecule has 0 saturated heterocycles. The van der Waals surface area contributed by atoms with Crippen LogP contribution in [0.5, 0.6) is 5.75 Å². The van der Waals surface area contributed by atoms with E-state index >= 15 is 0 Å². The number of carbonyl (C=O) groups excluding carboxylic acids is 2. The molecule has 35 heavy (non-hydrogen) atoms. The van der Waals surface area contributed by atoms with Gasteiger partial charge >= 0.3 is 0 Å². The first kappa shape index (κ1) is 25.9. The minimum atomic E-state index is -0.743. The summed E-state index contributed by atoms with van der Waals surface area (Å²) >= 11 is 0. The molecular weight excluding hydrogens is 443 g/mol. The van der Waals surface area contributed by atoms with Gasteiger partial charge in [-0.3, -0.25) is 9.59 Å². The Balaban J connectivity index is 1.88. The third-order valence-electron chi connectivity index (χ3n) is 5.81. The Morgan fingerprint density at radius 2 is 1.63 bits per heavy atom. The zero-order valence-electron chi connectivity index (χ0n) is 20.4. The number of halogens is 1. The van der Waals surface area contributed by atoms with Crippen molar-refractivity contribution in [1.29, 1.82) is 0 Å². The van der Waals surface area contributed by atoms with Crippen LogP contribution in [-0.4, -0.2) is 35.9 Å². The first-order chi connectivity index (χ1) is 17.0. The van der Waals surface area contributed by atoms with Crippen molar-refractivity contribution in [1.82, 2.24) is 10.2 Å². The van der Waals surface area contributed by atoms with Crippen molar-refractivity contribution in [2.45, 2.75) is 45.7 Å². The minimum Gasteiger partial charge on any atom is -0.484 e. The molecule has 0 aromatic heterocycles. The first-order valence-corrected chi connectivity index (χ1v) is 12.0. The van der Waals surface area contributed by atoms with Crippen LogP contribution in [0.15, 0.2) is 78.9 Å². The number of ether oxygens (including phenoxy) is 1. The predicted octanol–water partition coefficient (Wildman–Crippen LogP) is 5.07. The van der Waals surface area contributed by atoms with E-state index in [0.29, 0.717) is 18.7 Å². The molecule has 0 aliphatic carbocycles. The topological polar surface area (TPSA) is 58.6 Å². The van der Waals surface area contributed by atoms with Gasteiger partial charge in [0, 0.05) is 19.5 Å². The summed E-state index contributed by atoms with van der Waals surface area (Å²) in [6, 6.07) is 22.3. The maximum atomic E-state index is 13.5. The molecule has 0 unspecified atom stereocenters. The van der Waals surface area contributed by atoms with E-state index in [2.05, 4.69) is 12.2 Å². The van der Waals surface area contributed by atoms with Gasteiger partial charge in [0.25, 0.3) is 5.91 Å². The molecular formula is C29H33FN2O3. The summed E-state index contributed by atoms with van der Waals surface area (Å²) in [6.45, 7) is 4.46. The number of hydrogen-bond acceptors (Lipinski definition) is 3. The summed E-state index contributed by atoms with van der Waals surface area (Å²) in [4.78, 5) is 28.4. The van der Waals surface area contributed by atoms with E-state index in [-0.39, 0.29) is 30.8 Å². The molecule has 0 heterocycles. The second-order valence-corrected chi connectivity index (χ2v) is 8.55. The Kier molecular flexibility index (Phi) is 9.84. The van der Waals surface area contributed by atoms with Crippen LogP contribution in [0.3, 0.4) is 0 Å². The maximum Gasteiger partial charge on any atom is 0.261 e. The quantitative estimate of drug-likeness (QED) is 0.372. The maximum absolute atomic E-state index is 13.5. The monoisotopic (exact) mass is 476 g/mol. The zero-order chi connectivity index (χ0) is 25.0. The van der Waals surface area contributed by atoms with Crippen LogP contribution < -0.4 is 10.1 Å². The lowest BCUT2D eigenvalue weighted by Crippen LogP contribution is -2.51. The molecule has 5 nitrogen and oxygen atoms in total. The Morgan fingerprint density at radius 1 is 0.943 bits per heavy atom. The fourth-order valence-corrected chi connectivity index (χ4v) is 3.79. The number of amides is 2. The first-order valence-electron chi connectivity index (χ1n) is 12.0. The molecule has 0 radical (unpaired) electrons. The summed E-state index contributed by atoms with van der Waals surface area (Å²) in [5.41, 5.74) is 2.60. The number of para-hydroxylation sites is 1. The van der Waals surface area contributed by atoms with Crippen LogP contribution in [0.25, 0.3) is 0 Å². The van der Waals surface area contributed by atoms with Gasteiger partial charge in [0.05, 0.1) is 0 Å². The normalized spacial score (nSPS) is 11.5. The Bertz CT molecular complexity index is 1090. The van der Waals surface area contributed by atoms with Crippen LogP contribution in [0.2, 0.25) is 0 Å². The molecule has 0 aliphatic rings. The fraction of sp³-hybridized carbons (Fsp3) is 0.310. The molecule has 1 atom stereocenters. The van der Waals surface area contributed by atoms with E-state index in [4.69, 9.17) is 4.74 Å². The summed E-state index contributed by atoms with van der Waals surface area (Å²) in [7, 11) is 0. The second kappa shape index (κ2) is 13.3. The lowest BCUT2D eigenvalue weighted by Gasteiger charge is -2.31. The van der Waals surface area contributed by atoms with Crippen molar-refractivity contribution < 1.29 is 18.7 Å².